The molecule has 2 aliphatic rings. The van der Waals surface area contributed by atoms with E-state index >= 15 is 0 Å². The van der Waals surface area contributed by atoms with Gasteiger partial charge >= 0.3 is 0 Å². The normalized spacial score (nSPS) is 32.1. The van der Waals surface area contributed by atoms with E-state index in [0.29, 0.717) is 31.2 Å². The lowest BCUT2D eigenvalue weighted by Crippen LogP contribution is -2.52. The van der Waals surface area contributed by atoms with Crippen LogP contribution in [0.1, 0.15) is 42.1 Å². The highest BCUT2D eigenvalue weighted by molar-refractivity contribution is 5.92. The average molecular weight is 318 g/mol. The maximum Gasteiger partial charge on any atom is 0.248 e. The van der Waals surface area contributed by atoms with E-state index in [2.05, 4.69) is 4.90 Å². The molecular formula is C18H26N2O3. The molecule has 3 atom stereocenters. The van der Waals surface area contributed by atoms with E-state index < -0.39 is 11.5 Å². The number of amides is 1. The second-order valence-electron chi connectivity index (χ2n) is 7.03. The molecule has 1 amide bonds. The van der Waals surface area contributed by atoms with Crippen LogP contribution in [0.15, 0.2) is 24.3 Å². The fourth-order valence-corrected chi connectivity index (χ4v) is 3.89. The molecule has 3 N–H and O–H groups in total. The first-order valence-electron chi connectivity index (χ1n) is 8.40. The topological polar surface area (TPSA) is 75.8 Å². The van der Waals surface area contributed by atoms with Gasteiger partial charge in [0.2, 0.25) is 5.91 Å². The molecule has 0 radical (unpaired) electrons. The van der Waals surface area contributed by atoms with Gasteiger partial charge in [0, 0.05) is 30.7 Å². The molecule has 0 aliphatic carbocycles. The predicted octanol–water partition coefficient (Wildman–Crippen LogP) is 1.54. The van der Waals surface area contributed by atoms with E-state index in [-0.39, 0.29) is 5.92 Å². The molecule has 5 nitrogen and oxygen atoms in total. The number of hydrogen-bond acceptors (Lipinski definition) is 4. The fraction of sp³-hybridized carbons (Fsp3) is 0.611. The molecule has 126 valence electrons. The predicted molar refractivity (Wildman–Crippen MR) is 87.9 cm³/mol. The number of carbonyl (C=O) groups is 1. The van der Waals surface area contributed by atoms with Crippen molar-refractivity contribution < 1.29 is 14.6 Å². The first-order chi connectivity index (χ1) is 11.0. The van der Waals surface area contributed by atoms with Crippen molar-refractivity contribution in [2.45, 2.75) is 44.4 Å². The standard InChI is InChI=1S/C18H26N2O3/c1-18(22)8-10-23-12-15(18)16-3-2-9-20(16)11-13-4-6-14(7-5-13)17(19)21/h4-7,15-16,22H,2-3,8-12H2,1H3,(H2,19,21). The lowest BCUT2D eigenvalue weighted by atomic mass is 9.79. The van der Waals surface area contributed by atoms with Gasteiger partial charge in [0.25, 0.3) is 0 Å². The second kappa shape index (κ2) is 6.59. The number of benzene rings is 1. The zero-order valence-electron chi connectivity index (χ0n) is 13.7. The van der Waals surface area contributed by atoms with Gasteiger partial charge in [0.05, 0.1) is 12.2 Å². The first kappa shape index (κ1) is 16.4. The average Bonchev–Trinajstić information content (AvgIpc) is 2.95. The first-order valence-corrected chi connectivity index (χ1v) is 8.40. The molecule has 0 saturated carbocycles. The highest BCUT2D eigenvalue weighted by atomic mass is 16.5. The highest BCUT2D eigenvalue weighted by Gasteiger charge is 2.43. The third kappa shape index (κ3) is 3.57. The third-order valence-electron chi connectivity index (χ3n) is 5.35. The van der Waals surface area contributed by atoms with Crippen LogP contribution in [-0.2, 0) is 11.3 Å². The monoisotopic (exact) mass is 318 g/mol. The summed E-state index contributed by atoms with van der Waals surface area (Å²) >= 11 is 0. The van der Waals surface area contributed by atoms with Crippen LogP contribution in [0.2, 0.25) is 0 Å². The molecule has 0 spiro atoms. The van der Waals surface area contributed by atoms with Crippen LogP contribution in [0.4, 0.5) is 0 Å². The SMILES string of the molecule is CC1(O)CCOCC1C1CCCN1Cc1ccc(C(N)=O)cc1. The fourth-order valence-electron chi connectivity index (χ4n) is 3.89. The van der Waals surface area contributed by atoms with E-state index in [4.69, 9.17) is 10.5 Å². The Kier molecular flexibility index (Phi) is 4.71. The number of nitrogens with zero attached hydrogens (tertiary/aromatic N) is 1. The van der Waals surface area contributed by atoms with Gasteiger partial charge in [-0.1, -0.05) is 12.1 Å². The summed E-state index contributed by atoms with van der Waals surface area (Å²) in [5, 5.41) is 10.7. The van der Waals surface area contributed by atoms with Crippen molar-refractivity contribution in [1.82, 2.24) is 4.90 Å². The zero-order chi connectivity index (χ0) is 16.4. The zero-order valence-corrected chi connectivity index (χ0v) is 13.7. The Bertz CT molecular complexity index is 556. The Morgan fingerprint density at radius 3 is 2.83 bits per heavy atom. The van der Waals surface area contributed by atoms with Crippen LogP contribution in [0.25, 0.3) is 0 Å². The van der Waals surface area contributed by atoms with Crippen molar-refractivity contribution >= 4 is 5.91 Å². The Morgan fingerprint density at radius 2 is 2.17 bits per heavy atom. The van der Waals surface area contributed by atoms with Crippen molar-refractivity contribution in [3.8, 4) is 0 Å². The molecule has 0 aromatic heterocycles. The number of hydrogen-bond donors (Lipinski definition) is 2. The number of aliphatic hydroxyl groups is 1. The summed E-state index contributed by atoms with van der Waals surface area (Å²) in [6, 6.07) is 7.84. The largest absolute Gasteiger partial charge is 0.390 e. The van der Waals surface area contributed by atoms with Gasteiger partial charge < -0.3 is 15.6 Å². The number of ether oxygens (including phenoxy) is 1. The van der Waals surface area contributed by atoms with Crippen LogP contribution >= 0.6 is 0 Å². The summed E-state index contributed by atoms with van der Waals surface area (Å²) in [6.07, 6.45) is 2.95. The van der Waals surface area contributed by atoms with Crippen molar-refractivity contribution in [3.05, 3.63) is 35.4 Å². The minimum Gasteiger partial charge on any atom is -0.390 e. The van der Waals surface area contributed by atoms with Gasteiger partial charge in [-0.2, -0.15) is 0 Å². The minimum absolute atomic E-state index is 0.156. The number of nitrogens with two attached hydrogens (primary N) is 1. The van der Waals surface area contributed by atoms with Gasteiger partial charge in [0.1, 0.15) is 0 Å². The van der Waals surface area contributed by atoms with Gasteiger partial charge in [0.15, 0.2) is 0 Å². The Hall–Kier alpha value is -1.43. The number of likely N-dealkylation sites (tertiary alicyclic amines) is 1. The van der Waals surface area contributed by atoms with Crippen LogP contribution in [-0.4, -0.2) is 47.3 Å². The Morgan fingerprint density at radius 1 is 1.43 bits per heavy atom. The molecular weight excluding hydrogens is 292 g/mol. The van der Waals surface area contributed by atoms with Crippen LogP contribution < -0.4 is 5.73 Å². The molecule has 3 rings (SSSR count). The van der Waals surface area contributed by atoms with E-state index in [9.17, 15) is 9.90 Å². The molecule has 2 heterocycles. The second-order valence-corrected chi connectivity index (χ2v) is 7.03. The summed E-state index contributed by atoms with van der Waals surface area (Å²) in [7, 11) is 0. The van der Waals surface area contributed by atoms with E-state index in [1.54, 1.807) is 12.1 Å². The highest BCUT2D eigenvalue weighted by Crippen LogP contribution is 2.36. The number of rotatable bonds is 4. The third-order valence-corrected chi connectivity index (χ3v) is 5.35. The van der Waals surface area contributed by atoms with E-state index in [0.717, 1.165) is 25.9 Å². The molecule has 2 aliphatic heterocycles. The molecule has 0 bridgehead atoms. The van der Waals surface area contributed by atoms with Gasteiger partial charge in [-0.05, 0) is 50.4 Å². The van der Waals surface area contributed by atoms with Gasteiger partial charge in [-0.25, -0.2) is 0 Å². The number of carbonyl (C=O) groups excluding carboxylic acids is 1. The van der Waals surface area contributed by atoms with Crippen LogP contribution in [0, 0.1) is 5.92 Å². The summed E-state index contributed by atoms with van der Waals surface area (Å²) < 4.78 is 5.63. The van der Waals surface area contributed by atoms with Gasteiger partial charge in [-0.3, -0.25) is 9.69 Å². The molecule has 2 fully saturated rings. The molecule has 1 aromatic rings. The summed E-state index contributed by atoms with van der Waals surface area (Å²) in [6.45, 7) is 5.09. The van der Waals surface area contributed by atoms with Crippen LogP contribution in [0.5, 0.6) is 0 Å². The van der Waals surface area contributed by atoms with Crippen molar-refractivity contribution in [2.75, 3.05) is 19.8 Å². The Balaban J connectivity index is 1.70. The quantitative estimate of drug-likeness (QED) is 0.883. The van der Waals surface area contributed by atoms with Crippen molar-refractivity contribution in [1.29, 1.82) is 0 Å². The molecule has 5 heteroatoms. The lowest BCUT2D eigenvalue weighted by molar-refractivity contribution is -0.123. The minimum atomic E-state index is -0.651. The molecule has 2 saturated heterocycles. The van der Waals surface area contributed by atoms with E-state index in [1.807, 2.05) is 19.1 Å². The number of primary amides is 1. The summed E-state index contributed by atoms with van der Waals surface area (Å²) in [4.78, 5) is 13.6. The van der Waals surface area contributed by atoms with Crippen molar-refractivity contribution in [3.63, 3.8) is 0 Å². The molecule has 3 unspecified atom stereocenters. The summed E-state index contributed by atoms with van der Waals surface area (Å²) in [5.74, 6) is -0.241. The molecule has 1 aromatic carbocycles. The van der Waals surface area contributed by atoms with Crippen LogP contribution in [0.3, 0.4) is 0 Å². The summed E-state index contributed by atoms with van der Waals surface area (Å²) in [5.41, 5.74) is 6.34. The lowest BCUT2D eigenvalue weighted by Gasteiger charge is -2.43. The Labute approximate surface area is 137 Å². The smallest absolute Gasteiger partial charge is 0.248 e. The maximum absolute atomic E-state index is 11.2. The molecule has 23 heavy (non-hydrogen) atoms. The van der Waals surface area contributed by atoms with E-state index in [1.165, 1.54) is 5.56 Å². The van der Waals surface area contributed by atoms with Gasteiger partial charge in [-0.15, -0.1) is 0 Å². The van der Waals surface area contributed by atoms with Crippen molar-refractivity contribution in [2.24, 2.45) is 11.7 Å². The maximum atomic E-state index is 11.2.